The molecule has 0 saturated carbocycles. The first kappa shape index (κ1) is 15.3. The summed E-state index contributed by atoms with van der Waals surface area (Å²) in [6.45, 7) is 4.08. The lowest BCUT2D eigenvalue weighted by Gasteiger charge is -2.17. The highest BCUT2D eigenvalue weighted by Gasteiger charge is 2.16. The van der Waals surface area contributed by atoms with Crippen molar-refractivity contribution in [1.82, 2.24) is 0 Å². The first-order chi connectivity index (χ1) is 9.97. The minimum absolute atomic E-state index is 0.231. The summed E-state index contributed by atoms with van der Waals surface area (Å²) in [6, 6.07) is 7.49. The van der Waals surface area contributed by atoms with Gasteiger partial charge in [-0.25, -0.2) is 8.78 Å². The van der Waals surface area contributed by atoms with Gasteiger partial charge in [0.15, 0.2) is 11.6 Å². The third kappa shape index (κ3) is 2.99. The maximum Gasteiger partial charge on any atom is 0.159 e. The van der Waals surface area contributed by atoms with Crippen molar-refractivity contribution in [2.45, 2.75) is 19.8 Å². The highest BCUT2D eigenvalue weighted by molar-refractivity contribution is 5.73. The summed E-state index contributed by atoms with van der Waals surface area (Å²) in [7, 11) is 3.13. The number of halogens is 2. The Labute approximate surface area is 123 Å². The van der Waals surface area contributed by atoms with E-state index in [1.807, 2.05) is 19.9 Å². The summed E-state index contributed by atoms with van der Waals surface area (Å²) in [4.78, 5) is 0. The third-order valence-corrected chi connectivity index (χ3v) is 3.40. The summed E-state index contributed by atoms with van der Waals surface area (Å²) < 4.78 is 37.3. The standard InChI is InChI=1S/C17H18F2O2/c1-10(2)12-8-13(17(21-4)9-16(12)20-3)11-5-6-14(18)15(19)7-11/h5-10H,1-4H3. The Bertz CT molecular complexity index is 651. The maximum atomic E-state index is 13.5. The molecule has 112 valence electrons. The first-order valence-corrected chi connectivity index (χ1v) is 6.69. The summed E-state index contributed by atoms with van der Waals surface area (Å²) in [5.74, 6) is -0.239. The van der Waals surface area contributed by atoms with Crippen LogP contribution in [-0.2, 0) is 0 Å². The zero-order chi connectivity index (χ0) is 15.6. The Morgan fingerprint density at radius 2 is 1.52 bits per heavy atom. The predicted octanol–water partition coefficient (Wildman–Crippen LogP) is 4.77. The van der Waals surface area contributed by atoms with Crippen LogP contribution in [0.1, 0.15) is 25.3 Å². The van der Waals surface area contributed by atoms with Gasteiger partial charge >= 0.3 is 0 Å². The SMILES string of the molecule is COc1cc(OC)c(C(C)C)cc1-c1ccc(F)c(F)c1. The van der Waals surface area contributed by atoms with Crippen molar-refractivity contribution >= 4 is 0 Å². The van der Waals surface area contributed by atoms with E-state index in [1.165, 1.54) is 19.2 Å². The summed E-state index contributed by atoms with van der Waals surface area (Å²) in [5.41, 5.74) is 2.26. The van der Waals surface area contributed by atoms with Crippen LogP contribution in [0.5, 0.6) is 11.5 Å². The first-order valence-electron chi connectivity index (χ1n) is 6.69. The van der Waals surface area contributed by atoms with Crippen LogP contribution in [0.2, 0.25) is 0 Å². The molecule has 0 fully saturated rings. The van der Waals surface area contributed by atoms with Crippen molar-refractivity contribution in [3.05, 3.63) is 47.5 Å². The third-order valence-electron chi connectivity index (χ3n) is 3.40. The minimum atomic E-state index is -0.878. The van der Waals surface area contributed by atoms with Crippen LogP contribution >= 0.6 is 0 Å². The lowest BCUT2D eigenvalue weighted by atomic mass is 9.95. The molecule has 0 amide bonds. The van der Waals surface area contributed by atoms with Crippen molar-refractivity contribution in [1.29, 1.82) is 0 Å². The number of benzene rings is 2. The fraction of sp³-hybridized carbons (Fsp3) is 0.294. The molecule has 0 N–H and O–H groups in total. The van der Waals surface area contributed by atoms with Gasteiger partial charge in [-0.1, -0.05) is 19.9 Å². The zero-order valence-corrected chi connectivity index (χ0v) is 12.5. The van der Waals surface area contributed by atoms with Gasteiger partial charge in [-0.15, -0.1) is 0 Å². The molecule has 0 heterocycles. The van der Waals surface area contributed by atoms with E-state index < -0.39 is 11.6 Å². The van der Waals surface area contributed by atoms with E-state index in [0.29, 0.717) is 22.6 Å². The molecule has 4 heteroatoms. The smallest absolute Gasteiger partial charge is 0.159 e. The maximum absolute atomic E-state index is 13.5. The molecule has 2 aromatic rings. The van der Waals surface area contributed by atoms with Gasteiger partial charge in [0.2, 0.25) is 0 Å². The molecule has 0 aliphatic carbocycles. The Kier molecular flexibility index (Phi) is 4.46. The van der Waals surface area contributed by atoms with E-state index in [-0.39, 0.29) is 5.92 Å². The average Bonchev–Trinajstić information content (AvgIpc) is 2.48. The molecule has 2 nitrogen and oxygen atoms in total. The van der Waals surface area contributed by atoms with Gasteiger partial charge in [-0.05, 0) is 35.2 Å². The topological polar surface area (TPSA) is 18.5 Å². The Balaban J connectivity index is 2.65. The van der Waals surface area contributed by atoms with Crippen molar-refractivity contribution < 1.29 is 18.3 Å². The second-order valence-electron chi connectivity index (χ2n) is 5.08. The number of hydrogen-bond donors (Lipinski definition) is 0. The number of hydrogen-bond acceptors (Lipinski definition) is 2. The van der Waals surface area contributed by atoms with Crippen LogP contribution in [0, 0.1) is 11.6 Å². The molecule has 0 saturated heterocycles. The largest absolute Gasteiger partial charge is 0.496 e. The van der Waals surface area contributed by atoms with Crippen molar-refractivity contribution in [2.24, 2.45) is 0 Å². The fourth-order valence-electron chi connectivity index (χ4n) is 2.26. The monoisotopic (exact) mass is 292 g/mol. The second kappa shape index (κ2) is 6.12. The van der Waals surface area contributed by atoms with Crippen LogP contribution in [0.15, 0.2) is 30.3 Å². The van der Waals surface area contributed by atoms with Crippen LogP contribution in [-0.4, -0.2) is 14.2 Å². The quantitative estimate of drug-likeness (QED) is 0.808. The molecule has 0 bridgehead atoms. The molecule has 0 atom stereocenters. The number of ether oxygens (including phenoxy) is 2. The molecule has 21 heavy (non-hydrogen) atoms. The summed E-state index contributed by atoms with van der Waals surface area (Å²) >= 11 is 0. The van der Waals surface area contributed by atoms with Gasteiger partial charge < -0.3 is 9.47 Å². The predicted molar refractivity (Wildman–Crippen MR) is 79.0 cm³/mol. The zero-order valence-electron chi connectivity index (χ0n) is 12.5. The summed E-state index contributed by atoms with van der Waals surface area (Å²) in [6.07, 6.45) is 0. The molecule has 0 radical (unpaired) electrons. The minimum Gasteiger partial charge on any atom is -0.496 e. The number of methoxy groups -OCH3 is 2. The highest BCUT2D eigenvalue weighted by Crippen LogP contribution is 2.39. The molecule has 0 aromatic heterocycles. The lowest BCUT2D eigenvalue weighted by molar-refractivity contribution is 0.390. The van der Waals surface area contributed by atoms with E-state index in [2.05, 4.69) is 0 Å². The molecule has 2 rings (SSSR count). The normalized spacial score (nSPS) is 10.8. The van der Waals surface area contributed by atoms with Gasteiger partial charge in [-0.3, -0.25) is 0 Å². The van der Waals surface area contributed by atoms with E-state index in [0.717, 1.165) is 11.6 Å². The van der Waals surface area contributed by atoms with E-state index in [1.54, 1.807) is 13.2 Å². The van der Waals surface area contributed by atoms with Crippen LogP contribution < -0.4 is 9.47 Å². The Hall–Kier alpha value is -2.10. The van der Waals surface area contributed by atoms with E-state index in [4.69, 9.17) is 9.47 Å². The van der Waals surface area contributed by atoms with E-state index >= 15 is 0 Å². The van der Waals surface area contributed by atoms with Gasteiger partial charge in [0.25, 0.3) is 0 Å². The van der Waals surface area contributed by atoms with Crippen molar-refractivity contribution in [3.63, 3.8) is 0 Å². The average molecular weight is 292 g/mol. The Morgan fingerprint density at radius 1 is 0.857 bits per heavy atom. The van der Waals surface area contributed by atoms with Crippen molar-refractivity contribution in [3.8, 4) is 22.6 Å². The molecule has 2 aromatic carbocycles. The van der Waals surface area contributed by atoms with Gasteiger partial charge in [0.1, 0.15) is 11.5 Å². The molecule has 0 aliphatic heterocycles. The van der Waals surface area contributed by atoms with Crippen LogP contribution in [0.25, 0.3) is 11.1 Å². The fourth-order valence-corrected chi connectivity index (χ4v) is 2.26. The van der Waals surface area contributed by atoms with Crippen LogP contribution in [0.3, 0.4) is 0 Å². The lowest BCUT2D eigenvalue weighted by Crippen LogP contribution is -1.98. The number of rotatable bonds is 4. The highest BCUT2D eigenvalue weighted by atomic mass is 19.2. The van der Waals surface area contributed by atoms with Crippen molar-refractivity contribution in [2.75, 3.05) is 14.2 Å². The van der Waals surface area contributed by atoms with E-state index in [9.17, 15) is 8.78 Å². The summed E-state index contributed by atoms with van der Waals surface area (Å²) in [5, 5.41) is 0. The van der Waals surface area contributed by atoms with Gasteiger partial charge in [0, 0.05) is 11.6 Å². The van der Waals surface area contributed by atoms with Crippen LogP contribution in [0.4, 0.5) is 8.78 Å². The molecule has 0 unspecified atom stereocenters. The molecule has 0 spiro atoms. The van der Waals surface area contributed by atoms with Gasteiger partial charge in [-0.2, -0.15) is 0 Å². The molecular formula is C17H18F2O2. The molecule has 0 aliphatic rings. The molecular weight excluding hydrogens is 274 g/mol. The second-order valence-corrected chi connectivity index (χ2v) is 5.08. The van der Waals surface area contributed by atoms with Gasteiger partial charge in [0.05, 0.1) is 14.2 Å². The Morgan fingerprint density at radius 3 is 2.05 bits per heavy atom.